The van der Waals surface area contributed by atoms with Crippen LogP contribution in [-0.4, -0.2) is 69.8 Å². The lowest BCUT2D eigenvalue weighted by Gasteiger charge is -2.20. The van der Waals surface area contributed by atoms with Crippen molar-refractivity contribution in [3.63, 3.8) is 0 Å². The Morgan fingerprint density at radius 2 is 1.92 bits per heavy atom. The van der Waals surface area contributed by atoms with E-state index in [1.165, 1.54) is 13.4 Å². The van der Waals surface area contributed by atoms with E-state index in [-0.39, 0.29) is 18.2 Å². The largest absolute Gasteiger partial charge is 0.469 e. The molecule has 2 saturated heterocycles. The summed E-state index contributed by atoms with van der Waals surface area (Å²) < 4.78 is 25.3. The van der Waals surface area contributed by atoms with Gasteiger partial charge in [-0.05, 0) is 25.0 Å². The molecular formula is C25H28N6O6. The second-order valence-electron chi connectivity index (χ2n) is 8.55. The molecule has 2 N–H and O–H groups in total. The lowest BCUT2D eigenvalue weighted by atomic mass is 10.1. The molecule has 1 aromatic carbocycles. The van der Waals surface area contributed by atoms with Crippen LogP contribution in [0.4, 0.5) is 10.6 Å². The molecule has 3 aromatic rings. The number of amides is 2. The molecule has 2 aromatic heterocycles. The highest BCUT2D eigenvalue weighted by atomic mass is 16.8. The summed E-state index contributed by atoms with van der Waals surface area (Å²) in [5.41, 5.74) is 1.89. The Hall–Kier alpha value is -3.87. The van der Waals surface area contributed by atoms with Gasteiger partial charge in [-0.3, -0.25) is 14.7 Å². The number of fused-ring (bicyclic) bond motifs is 2. The minimum Gasteiger partial charge on any atom is -0.469 e. The Kier molecular flexibility index (Phi) is 7.40. The number of aromatic nitrogens is 4. The molecule has 0 aliphatic carbocycles. The van der Waals surface area contributed by atoms with Gasteiger partial charge in [-0.2, -0.15) is 0 Å². The summed E-state index contributed by atoms with van der Waals surface area (Å²) in [6.07, 6.45) is 4.73. The maximum atomic E-state index is 12.0. The number of ether oxygens (including phenoxy) is 4. The van der Waals surface area contributed by atoms with Gasteiger partial charge in [0.1, 0.15) is 18.5 Å². The number of imidazole rings is 1. The number of nitrogens with one attached hydrogen (secondary N) is 2. The number of carbonyl (C=O) groups is 2. The van der Waals surface area contributed by atoms with Crippen LogP contribution in [0.1, 0.15) is 31.6 Å². The molecule has 2 fully saturated rings. The van der Waals surface area contributed by atoms with E-state index in [1.54, 1.807) is 10.9 Å². The smallest absolute Gasteiger partial charge is 0.320 e. The number of hydrogen-bond donors (Lipinski definition) is 2. The molecule has 1 unspecified atom stereocenters. The molecule has 2 aliphatic heterocycles. The van der Waals surface area contributed by atoms with Crippen molar-refractivity contribution in [1.82, 2.24) is 24.8 Å². The molecule has 2 amide bonds. The van der Waals surface area contributed by atoms with Crippen LogP contribution in [0.3, 0.4) is 0 Å². The molecule has 5 rings (SSSR count). The summed E-state index contributed by atoms with van der Waals surface area (Å²) in [7, 11) is 1.35. The third-order valence-electron chi connectivity index (χ3n) is 6.18. The highest BCUT2D eigenvalue weighted by Gasteiger charge is 2.53. The van der Waals surface area contributed by atoms with Crippen LogP contribution < -0.4 is 10.6 Å². The van der Waals surface area contributed by atoms with Crippen molar-refractivity contribution in [1.29, 1.82) is 0 Å². The summed E-state index contributed by atoms with van der Waals surface area (Å²) in [5, 5.41) is 5.35. The van der Waals surface area contributed by atoms with E-state index in [2.05, 4.69) is 25.6 Å². The fraction of sp³-hybridized carbons (Fsp3) is 0.400. The zero-order valence-electron chi connectivity index (χ0n) is 20.4. The number of rotatable bonds is 8. The first-order valence-corrected chi connectivity index (χ1v) is 12.1. The number of nitrogens with zero attached hydrogens (tertiary/aromatic N) is 4. The van der Waals surface area contributed by atoms with Gasteiger partial charge in [0, 0.05) is 13.0 Å². The van der Waals surface area contributed by atoms with Crippen molar-refractivity contribution >= 4 is 35.1 Å². The van der Waals surface area contributed by atoms with Crippen molar-refractivity contribution in [3.05, 3.63) is 54.6 Å². The topological polar surface area (TPSA) is 139 Å². The van der Waals surface area contributed by atoms with Crippen LogP contribution in [0.15, 0.2) is 49.1 Å². The minimum absolute atomic E-state index is 0.179. The summed E-state index contributed by atoms with van der Waals surface area (Å²) in [4.78, 5) is 36.8. The van der Waals surface area contributed by atoms with Crippen LogP contribution in [0.25, 0.3) is 17.2 Å². The van der Waals surface area contributed by atoms with Crippen LogP contribution >= 0.6 is 0 Å². The monoisotopic (exact) mass is 508 g/mol. The Balaban J connectivity index is 1.40. The van der Waals surface area contributed by atoms with Crippen molar-refractivity contribution in [3.8, 4) is 0 Å². The van der Waals surface area contributed by atoms with E-state index in [1.807, 2.05) is 49.4 Å². The number of carbonyl (C=O) groups excluding carboxylic acids is 2. The SMILES string of the molecule is CCNC(=O)Nc1ncnc2c1ncn2[C@@H]1O[C@H](CCC(=O)OC)[C@@H]2O[C@H](/C=C/c3ccccc3)OC21. The van der Waals surface area contributed by atoms with Gasteiger partial charge in [0.15, 0.2) is 29.5 Å². The van der Waals surface area contributed by atoms with Gasteiger partial charge >= 0.3 is 12.0 Å². The first-order chi connectivity index (χ1) is 18.1. The van der Waals surface area contributed by atoms with Crippen LogP contribution in [0.2, 0.25) is 0 Å². The normalized spacial score (nSPS) is 24.9. The molecule has 0 radical (unpaired) electrons. The highest BCUT2D eigenvalue weighted by molar-refractivity contribution is 5.95. The molecule has 194 valence electrons. The zero-order valence-corrected chi connectivity index (χ0v) is 20.4. The van der Waals surface area contributed by atoms with Crippen molar-refractivity contribution in [2.24, 2.45) is 0 Å². The van der Waals surface area contributed by atoms with Crippen LogP contribution in [0.5, 0.6) is 0 Å². The molecule has 5 atom stereocenters. The maximum Gasteiger partial charge on any atom is 0.320 e. The third-order valence-corrected chi connectivity index (χ3v) is 6.18. The van der Waals surface area contributed by atoms with E-state index in [0.717, 1.165) is 5.56 Å². The number of urea groups is 1. The van der Waals surface area contributed by atoms with Crippen molar-refractivity contribution < 1.29 is 28.5 Å². The third kappa shape index (κ3) is 5.31. The molecule has 4 heterocycles. The molecular weight excluding hydrogens is 480 g/mol. The summed E-state index contributed by atoms with van der Waals surface area (Å²) in [6.45, 7) is 2.29. The summed E-state index contributed by atoms with van der Waals surface area (Å²) in [6, 6.07) is 9.45. The average Bonchev–Trinajstić information content (AvgIpc) is 3.61. The molecule has 0 spiro atoms. The van der Waals surface area contributed by atoms with E-state index in [9.17, 15) is 9.59 Å². The molecule has 37 heavy (non-hydrogen) atoms. The number of benzene rings is 1. The van der Waals surface area contributed by atoms with Gasteiger partial charge in [0.05, 0.1) is 19.5 Å². The lowest BCUT2D eigenvalue weighted by Crippen LogP contribution is -2.29. The van der Waals surface area contributed by atoms with Crippen LogP contribution in [-0.2, 0) is 23.7 Å². The quantitative estimate of drug-likeness (QED) is 0.440. The van der Waals surface area contributed by atoms with Gasteiger partial charge < -0.3 is 24.3 Å². The Morgan fingerprint density at radius 1 is 1.11 bits per heavy atom. The fourth-order valence-corrected chi connectivity index (χ4v) is 4.46. The lowest BCUT2D eigenvalue weighted by molar-refractivity contribution is -0.144. The van der Waals surface area contributed by atoms with E-state index in [4.69, 9.17) is 18.9 Å². The Labute approximate surface area is 213 Å². The molecule has 0 bridgehead atoms. The number of hydrogen-bond acceptors (Lipinski definition) is 9. The molecule has 2 aliphatic rings. The van der Waals surface area contributed by atoms with Gasteiger partial charge in [-0.15, -0.1) is 0 Å². The molecule has 12 heteroatoms. The number of anilines is 1. The number of methoxy groups -OCH3 is 1. The first-order valence-electron chi connectivity index (χ1n) is 12.1. The molecule has 12 nitrogen and oxygen atoms in total. The fourth-order valence-electron chi connectivity index (χ4n) is 4.46. The summed E-state index contributed by atoms with van der Waals surface area (Å²) >= 11 is 0. The standard InChI is InChI=1S/C25H28N6O6/c1-3-26-25(33)30-22-19-23(28-13-27-22)31(14-29-19)24-21-20(16(35-24)10-11-17(32)34-2)36-18(37-21)12-9-15-7-5-4-6-8-15/h4-9,12-14,16,18,20-21,24H,3,10-11H2,1-2H3,(H2,26,27,28,30,33)/b12-9+/t16-,18+,20+,21?,24-/m1/s1. The first kappa shape index (κ1) is 24.8. The zero-order chi connectivity index (χ0) is 25.8. The molecule has 0 saturated carbocycles. The summed E-state index contributed by atoms with van der Waals surface area (Å²) in [5.74, 6) is -0.0521. The van der Waals surface area contributed by atoms with Gasteiger partial charge in [-0.25, -0.2) is 19.7 Å². The van der Waals surface area contributed by atoms with E-state index in [0.29, 0.717) is 24.1 Å². The Bertz CT molecular complexity index is 1280. The second kappa shape index (κ2) is 11.0. The van der Waals surface area contributed by atoms with Crippen molar-refractivity contribution in [2.75, 3.05) is 19.0 Å². The average molecular weight is 509 g/mol. The minimum atomic E-state index is -0.625. The van der Waals surface area contributed by atoms with Gasteiger partial charge in [-0.1, -0.05) is 36.4 Å². The number of esters is 1. The van der Waals surface area contributed by atoms with Gasteiger partial charge in [0.2, 0.25) is 0 Å². The maximum absolute atomic E-state index is 12.0. The highest BCUT2D eigenvalue weighted by Crippen LogP contribution is 2.42. The van der Waals surface area contributed by atoms with Gasteiger partial charge in [0.25, 0.3) is 0 Å². The van der Waals surface area contributed by atoms with Crippen LogP contribution in [0, 0.1) is 0 Å². The predicted molar refractivity (Wildman–Crippen MR) is 132 cm³/mol. The second-order valence-corrected chi connectivity index (χ2v) is 8.55. The van der Waals surface area contributed by atoms with E-state index < -0.39 is 36.9 Å². The van der Waals surface area contributed by atoms with Crippen molar-refractivity contribution in [2.45, 2.75) is 50.6 Å². The Morgan fingerprint density at radius 3 is 2.70 bits per heavy atom. The predicted octanol–water partition coefficient (Wildman–Crippen LogP) is 2.64. The van der Waals surface area contributed by atoms with E-state index >= 15 is 0 Å².